The van der Waals surface area contributed by atoms with E-state index in [1.54, 1.807) is 32.3 Å². The molecule has 0 spiro atoms. The van der Waals surface area contributed by atoms with E-state index < -0.39 is 11.5 Å². The molecule has 0 saturated heterocycles. The van der Waals surface area contributed by atoms with Crippen LogP contribution in [0.2, 0.25) is 0 Å². The van der Waals surface area contributed by atoms with Crippen molar-refractivity contribution in [3.8, 4) is 5.75 Å². The number of rotatable bonds is 5. The summed E-state index contributed by atoms with van der Waals surface area (Å²) in [6, 6.07) is 12.8. The van der Waals surface area contributed by atoms with Crippen LogP contribution in [0.1, 0.15) is 10.5 Å². The van der Waals surface area contributed by atoms with Crippen LogP contribution in [0.25, 0.3) is 11.0 Å². The highest BCUT2D eigenvalue weighted by molar-refractivity contribution is 5.93. The fraction of sp³-hybridized carbons (Fsp3) is 0.211. The van der Waals surface area contributed by atoms with Gasteiger partial charge in [-0.15, -0.1) is 0 Å². The van der Waals surface area contributed by atoms with Crippen molar-refractivity contribution in [2.75, 3.05) is 20.2 Å². The fourth-order valence-corrected chi connectivity index (χ4v) is 2.53. The molecule has 0 atom stereocenters. The van der Waals surface area contributed by atoms with Crippen LogP contribution in [0.5, 0.6) is 5.75 Å². The third-order valence-electron chi connectivity index (χ3n) is 4.04. The van der Waals surface area contributed by atoms with Gasteiger partial charge >= 0.3 is 0 Å². The van der Waals surface area contributed by atoms with Crippen LogP contribution in [-0.2, 0) is 7.05 Å². The minimum Gasteiger partial charge on any atom is -0.492 e. The lowest BCUT2D eigenvalue weighted by atomic mass is 10.2. The number of halogens is 1. The van der Waals surface area contributed by atoms with Gasteiger partial charge in [0, 0.05) is 14.1 Å². The molecule has 1 amide bonds. The maximum atomic E-state index is 12.9. The molecule has 0 fully saturated rings. The zero-order valence-corrected chi connectivity index (χ0v) is 14.5. The Kier molecular flexibility index (Phi) is 4.97. The van der Waals surface area contributed by atoms with Gasteiger partial charge < -0.3 is 14.2 Å². The fourth-order valence-electron chi connectivity index (χ4n) is 2.53. The van der Waals surface area contributed by atoms with E-state index in [0.717, 1.165) is 0 Å². The van der Waals surface area contributed by atoms with Gasteiger partial charge in [-0.2, -0.15) is 0 Å². The Bertz CT molecular complexity index is 999. The van der Waals surface area contributed by atoms with Crippen LogP contribution in [0.4, 0.5) is 4.39 Å². The highest BCUT2D eigenvalue weighted by Gasteiger charge is 2.19. The summed E-state index contributed by atoms with van der Waals surface area (Å²) >= 11 is 0. The molecule has 0 aliphatic carbocycles. The van der Waals surface area contributed by atoms with Crippen LogP contribution in [0.3, 0.4) is 0 Å². The number of carbonyl (C=O) groups excluding carboxylic acids is 1. The van der Waals surface area contributed by atoms with Crippen LogP contribution in [0.15, 0.2) is 53.3 Å². The summed E-state index contributed by atoms with van der Waals surface area (Å²) in [7, 11) is 3.19. The third kappa shape index (κ3) is 3.56. The lowest BCUT2D eigenvalue weighted by Crippen LogP contribution is -2.37. The van der Waals surface area contributed by atoms with Crippen molar-refractivity contribution in [2.45, 2.75) is 0 Å². The number of hydrogen-bond acceptors (Lipinski definition) is 4. The van der Waals surface area contributed by atoms with E-state index in [9.17, 15) is 14.0 Å². The summed E-state index contributed by atoms with van der Waals surface area (Å²) in [5.41, 5.74) is 0.667. The summed E-state index contributed by atoms with van der Waals surface area (Å²) in [6.45, 7) is 0.468. The number of ether oxygens (including phenoxy) is 1. The molecule has 0 aliphatic heterocycles. The van der Waals surface area contributed by atoms with Gasteiger partial charge in [0.2, 0.25) is 0 Å². The van der Waals surface area contributed by atoms with Gasteiger partial charge in [0.25, 0.3) is 11.5 Å². The number of fused-ring (bicyclic) bond motifs is 1. The number of para-hydroxylation sites is 2. The second-order valence-electron chi connectivity index (χ2n) is 5.84. The number of amides is 1. The van der Waals surface area contributed by atoms with Gasteiger partial charge in [0.1, 0.15) is 18.2 Å². The summed E-state index contributed by atoms with van der Waals surface area (Å²) in [5, 5.41) is 0. The van der Waals surface area contributed by atoms with Gasteiger partial charge in [-0.3, -0.25) is 9.59 Å². The normalized spacial score (nSPS) is 10.7. The molecule has 2 aromatic carbocycles. The molecule has 134 valence electrons. The van der Waals surface area contributed by atoms with Crippen molar-refractivity contribution in [3.63, 3.8) is 0 Å². The SMILES string of the molecule is CN(CCOc1ccc(F)cc1)C(=O)c1nc2ccccc2n(C)c1=O. The Morgan fingerprint density at radius 2 is 1.88 bits per heavy atom. The van der Waals surface area contributed by atoms with E-state index in [0.29, 0.717) is 16.8 Å². The lowest BCUT2D eigenvalue weighted by molar-refractivity contribution is 0.0766. The van der Waals surface area contributed by atoms with Crippen molar-refractivity contribution in [1.29, 1.82) is 0 Å². The summed E-state index contributed by atoms with van der Waals surface area (Å²) in [5.74, 6) is -0.311. The molecule has 1 heterocycles. The number of aromatic nitrogens is 2. The average molecular weight is 355 g/mol. The number of benzene rings is 2. The number of aryl methyl sites for hydroxylation is 1. The Morgan fingerprint density at radius 1 is 1.19 bits per heavy atom. The first-order valence-corrected chi connectivity index (χ1v) is 8.07. The maximum absolute atomic E-state index is 12.9. The Hall–Kier alpha value is -3.22. The zero-order chi connectivity index (χ0) is 18.7. The van der Waals surface area contributed by atoms with Crippen molar-refractivity contribution >= 4 is 16.9 Å². The molecular formula is C19H18FN3O3. The summed E-state index contributed by atoms with van der Waals surface area (Å²) < 4.78 is 19.8. The number of nitrogens with zero attached hydrogens (tertiary/aromatic N) is 3. The number of carbonyl (C=O) groups is 1. The predicted octanol–water partition coefficient (Wildman–Crippen LogP) is 2.22. The minimum absolute atomic E-state index is 0.129. The van der Waals surface area contributed by atoms with E-state index in [1.807, 2.05) is 6.07 Å². The summed E-state index contributed by atoms with van der Waals surface area (Å²) in [4.78, 5) is 30.6. The van der Waals surface area contributed by atoms with E-state index in [-0.39, 0.29) is 24.7 Å². The predicted molar refractivity (Wildman–Crippen MR) is 95.8 cm³/mol. The van der Waals surface area contributed by atoms with E-state index in [4.69, 9.17) is 4.74 Å². The van der Waals surface area contributed by atoms with Gasteiger partial charge in [-0.1, -0.05) is 12.1 Å². The molecule has 26 heavy (non-hydrogen) atoms. The molecule has 0 N–H and O–H groups in total. The van der Waals surface area contributed by atoms with Crippen molar-refractivity contribution in [1.82, 2.24) is 14.5 Å². The molecular weight excluding hydrogens is 337 g/mol. The molecule has 0 bridgehead atoms. The molecule has 3 rings (SSSR count). The first-order chi connectivity index (χ1) is 12.5. The van der Waals surface area contributed by atoms with Crippen LogP contribution in [-0.4, -0.2) is 40.6 Å². The van der Waals surface area contributed by atoms with Gasteiger partial charge in [0.15, 0.2) is 5.69 Å². The molecule has 3 aromatic rings. The highest BCUT2D eigenvalue weighted by atomic mass is 19.1. The smallest absolute Gasteiger partial charge is 0.282 e. The molecule has 1 aromatic heterocycles. The maximum Gasteiger partial charge on any atom is 0.282 e. The van der Waals surface area contributed by atoms with Crippen LogP contribution in [0, 0.1) is 5.82 Å². The molecule has 0 saturated carbocycles. The van der Waals surface area contributed by atoms with Gasteiger partial charge in [0.05, 0.1) is 17.6 Å². The first-order valence-electron chi connectivity index (χ1n) is 8.07. The van der Waals surface area contributed by atoms with Gasteiger partial charge in [-0.25, -0.2) is 9.37 Å². The quantitative estimate of drug-likeness (QED) is 0.704. The van der Waals surface area contributed by atoms with Crippen molar-refractivity contribution < 1.29 is 13.9 Å². The number of likely N-dealkylation sites (N-methyl/N-ethyl adjacent to an activating group) is 1. The monoisotopic (exact) mass is 355 g/mol. The molecule has 0 radical (unpaired) electrons. The van der Waals surface area contributed by atoms with Gasteiger partial charge in [-0.05, 0) is 36.4 Å². The van der Waals surface area contributed by atoms with E-state index in [2.05, 4.69) is 4.98 Å². The van der Waals surface area contributed by atoms with Crippen LogP contribution < -0.4 is 10.3 Å². The molecule has 0 aliphatic rings. The summed E-state index contributed by atoms with van der Waals surface area (Å²) in [6.07, 6.45) is 0. The first kappa shape index (κ1) is 17.6. The largest absolute Gasteiger partial charge is 0.492 e. The van der Waals surface area contributed by atoms with Crippen molar-refractivity contribution in [3.05, 3.63) is 70.4 Å². The Morgan fingerprint density at radius 3 is 2.62 bits per heavy atom. The van der Waals surface area contributed by atoms with Crippen molar-refractivity contribution in [2.24, 2.45) is 7.05 Å². The highest BCUT2D eigenvalue weighted by Crippen LogP contribution is 2.11. The Labute approximate surface area is 149 Å². The molecule has 7 heteroatoms. The van der Waals surface area contributed by atoms with E-state index in [1.165, 1.54) is 33.7 Å². The molecule has 0 unspecified atom stereocenters. The lowest BCUT2D eigenvalue weighted by Gasteiger charge is -2.17. The van der Waals surface area contributed by atoms with Crippen LogP contribution >= 0.6 is 0 Å². The standard InChI is InChI=1S/C19H18FN3O3/c1-22(11-12-26-14-9-7-13(20)8-10-14)18(24)17-19(25)23(2)16-6-4-3-5-15(16)21-17/h3-10H,11-12H2,1-2H3. The zero-order valence-electron chi connectivity index (χ0n) is 14.5. The average Bonchev–Trinajstić information content (AvgIpc) is 2.65. The topological polar surface area (TPSA) is 64.4 Å². The Balaban J connectivity index is 1.72. The minimum atomic E-state index is -0.473. The second-order valence-corrected chi connectivity index (χ2v) is 5.84. The second kappa shape index (κ2) is 7.35. The third-order valence-corrected chi connectivity index (χ3v) is 4.04. The molecule has 6 nitrogen and oxygen atoms in total. The number of hydrogen-bond donors (Lipinski definition) is 0. The van der Waals surface area contributed by atoms with E-state index >= 15 is 0 Å².